The molecule has 1 N–H and O–H groups in total. The fourth-order valence-corrected chi connectivity index (χ4v) is 6.00. The minimum Gasteiger partial charge on any atom is -0.465 e. The first-order valence-electron chi connectivity index (χ1n) is 14.3. The van der Waals surface area contributed by atoms with E-state index >= 15 is 0 Å². The molecule has 0 saturated carbocycles. The molecule has 3 aromatic carbocycles. The van der Waals surface area contributed by atoms with Crippen molar-refractivity contribution in [2.75, 3.05) is 32.7 Å². The molecule has 0 spiro atoms. The first kappa shape index (κ1) is 30.2. The third-order valence-corrected chi connectivity index (χ3v) is 8.24. The summed E-state index contributed by atoms with van der Waals surface area (Å²) in [6, 6.07) is 21.3. The van der Waals surface area contributed by atoms with Gasteiger partial charge in [0.25, 0.3) is 0 Å². The Hall–Kier alpha value is -3.78. The van der Waals surface area contributed by atoms with Crippen LogP contribution in [-0.2, 0) is 11.3 Å². The predicted molar refractivity (Wildman–Crippen MR) is 156 cm³/mol. The van der Waals surface area contributed by atoms with Crippen molar-refractivity contribution in [1.29, 1.82) is 0 Å². The molecule has 8 heteroatoms. The molecule has 1 saturated heterocycles. The predicted octanol–water partition coefficient (Wildman–Crippen LogP) is 6.23. The number of hydrogen-bond donors (Lipinski definition) is 1. The molecule has 1 aliphatic heterocycles. The van der Waals surface area contributed by atoms with Gasteiger partial charge in [0.15, 0.2) is 0 Å². The standard InChI is InChI=1S/C33H39F2N3O3/c1-3-36(4-2)20-19-31(39)37-21-18-30(38(33(40)41)22-24-8-6-5-7-9-24)29(23-37)32(25-10-14-27(34)15-11-25)26-12-16-28(35)17-13-26/h5-17,29-30,32H,3-4,18-23H2,1-2H3,(H,40,41). The van der Waals surface area contributed by atoms with Crippen LogP contribution < -0.4 is 0 Å². The summed E-state index contributed by atoms with van der Waals surface area (Å²) >= 11 is 0. The quantitative estimate of drug-likeness (QED) is 0.301. The topological polar surface area (TPSA) is 64.1 Å². The third kappa shape index (κ3) is 7.70. The largest absolute Gasteiger partial charge is 0.465 e. The van der Waals surface area contributed by atoms with Crippen molar-refractivity contribution in [2.24, 2.45) is 5.92 Å². The summed E-state index contributed by atoms with van der Waals surface area (Å²) in [5, 5.41) is 10.4. The van der Waals surface area contributed by atoms with E-state index in [9.17, 15) is 23.5 Å². The monoisotopic (exact) mass is 563 g/mol. The summed E-state index contributed by atoms with van der Waals surface area (Å²) in [5.41, 5.74) is 2.44. The lowest BCUT2D eigenvalue weighted by Crippen LogP contribution is -2.55. The number of likely N-dealkylation sites (tertiary alicyclic amines) is 1. The number of hydrogen-bond acceptors (Lipinski definition) is 3. The molecule has 218 valence electrons. The Balaban J connectivity index is 1.74. The Labute approximate surface area is 241 Å². The van der Waals surface area contributed by atoms with Crippen molar-refractivity contribution in [3.63, 3.8) is 0 Å². The van der Waals surface area contributed by atoms with Gasteiger partial charge in [-0.2, -0.15) is 0 Å². The Morgan fingerprint density at radius 2 is 1.46 bits per heavy atom. The highest BCUT2D eigenvalue weighted by atomic mass is 19.1. The Morgan fingerprint density at radius 3 is 1.98 bits per heavy atom. The first-order chi connectivity index (χ1) is 19.8. The van der Waals surface area contributed by atoms with Gasteiger partial charge in [-0.1, -0.05) is 68.4 Å². The molecule has 1 aliphatic rings. The lowest BCUT2D eigenvalue weighted by atomic mass is 9.73. The highest BCUT2D eigenvalue weighted by molar-refractivity contribution is 5.76. The fraction of sp³-hybridized carbons (Fsp3) is 0.394. The minimum atomic E-state index is -1.04. The lowest BCUT2D eigenvalue weighted by Gasteiger charge is -2.46. The van der Waals surface area contributed by atoms with Gasteiger partial charge in [-0.15, -0.1) is 0 Å². The van der Waals surface area contributed by atoms with E-state index in [2.05, 4.69) is 18.7 Å². The number of carbonyl (C=O) groups excluding carboxylic acids is 1. The van der Waals surface area contributed by atoms with Crippen LogP contribution in [0.4, 0.5) is 13.6 Å². The van der Waals surface area contributed by atoms with E-state index in [-0.39, 0.29) is 30.0 Å². The molecule has 0 aromatic heterocycles. The molecular formula is C33H39F2N3O3. The van der Waals surface area contributed by atoms with E-state index in [1.54, 1.807) is 24.3 Å². The second-order valence-corrected chi connectivity index (χ2v) is 10.6. The average Bonchev–Trinajstić information content (AvgIpc) is 2.99. The number of amides is 2. The number of rotatable bonds is 11. The molecule has 0 aliphatic carbocycles. The minimum absolute atomic E-state index is 0.0299. The van der Waals surface area contributed by atoms with Crippen molar-refractivity contribution in [3.05, 3.63) is 107 Å². The highest BCUT2D eigenvalue weighted by Crippen LogP contribution is 2.40. The van der Waals surface area contributed by atoms with Gasteiger partial charge in [0.1, 0.15) is 11.6 Å². The number of benzene rings is 3. The van der Waals surface area contributed by atoms with Crippen molar-refractivity contribution in [1.82, 2.24) is 14.7 Å². The van der Waals surface area contributed by atoms with Gasteiger partial charge in [-0.25, -0.2) is 13.6 Å². The summed E-state index contributed by atoms with van der Waals surface area (Å²) in [7, 11) is 0. The van der Waals surface area contributed by atoms with Crippen molar-refractivity contribution < 1.29 is 23.5 Å². The van der Waals surface area contributed by atoms with E-state index in [1.807, 2.05) is 35.2 Å². The molecule has 1 heterocycles. The number of carbonyl (C=O) groups is 2. The zero-order chi connectivity index (χ0) is 29.4. The lowest BCUT2D eigenvalue weighted by molar-refractivity contribution is -0.134. The van der Waals surface area contributed by atoms with Crippen LogP contribution in [0.2, 0.25) is 0 Å². The summed E-state index contributed by atoms with van der Waals surface area (Å²) in [6.07, 6.45) is -0.203. The summed E-state index contributed by atoms with van der Waals surface area (Å²) in [4.78, 5) is 31.7. The van der Waals surface area contributed by atoms with E-state index in [4.69, 9.17) is 0 Å². The zero-order valence-electron chi connectivity index (χ0n) is 23.8. The summed E-state index contributed by atoms with van der Waals surface area (Å²) < 4.78 is 28.0. The van der Waals surface area contributed by atoms with Crippen LogP contribution in [0, 0.1) is 17.6 Å². The van der Waals surface area contributed by atoms with Crippen LogP contribution in [-0.4, -0.2) is 70.6 Å². The molecule has 4 rings (SSSR count). The van der Waals surface area contributed by atoms with Gasteiger partial charge in [0, 0.05) is 50.5 Å². The molecule has 6 nitrogen and oxygen atoms in total. The Kier molecular flexibility index (Phi) is 10.5. The molecule has 1 fully saturated rings. The smallest absolute Gasteiger partial charge is 0.407 e. The Morgan fingerprint density at radius 1 is 0.902 bits per heavy atom. The maximum Gasteiger partial charge on any atom is 0.407 e. The number of nitrogens with zero attached hydrogens (tertiary/aromatic N) is 3. The van der Waals surface area contributed by atoms with Gasteiger partial charge < -0.3 is 19.8 Å². The van der Waals surface area contributed by atoms with Gasteiger partial charge in [0.05, 0.1) is 0 Å². The molecule has 2 atom stereocenters. The van der Waals surface area contributed by atoms with Crippen LogP contribution in [0.15, 0.2) is 78.9 Å². The van der Waals surface area contributed by atoms with Crippen LogP contribution >= 0.6 is 0 Å². The average molecular weight is 564 g/mol. The molecule has 0 radical (unpaired) electrons. The summed E-state index contributed by atoms with van der Waals surface area (Å²) in [6.45, 7) is 7.49. The third-order valence-electron chi connectivity index (χ3n) is 8.24. The van der Waals surface area contributed by atoms with E-state index in [1.165, 1.54) is 29.2 Å². The van der Waals surface area contributed by atoms with Gasteiger partial charge >= 0.3 is 6.09 Å². The highest BCUT2D eigenvalue weighted by Gasteiger charge is 2.42. The van der Waals surface area contributed by atoms with E-state index < -0.39 is 18.1 Å². The van der Waals surface area contributed by atoms with Crippen LogP contribution in [0.5, 0.6) is 0 Å². The first-order valence-corrected chi connectivity index (χ1v) is 14.3. The molecule has 3 aromatic rings. The van der Waals surface area contributed by atoms with Crippen LogP contribution in [0.1, 0.15) is 49.3 Å². The molecule has 2 unspecified atom stereocenters. The van der Waals surface area contributed by atoms with Crippen molar-refractivity contribution in [3.8, 4) is 0 Å². The number of halogens is 2. The van der Waals surface area contributed by atoms with Gasteiger partial charge in [-0.05, 0) is 60.5 Å². The van der Waals surface area contributed by atoms with Crippen molar-refractivity contribution in [2.45, 2.75) is 45.2 Å². The molecule has 2 amide bonds. The molecule has 0 bridgehead atoms. The SMILES string of the molecule is CCN(CC)CCC(=O)N1CCC(N(Cc2ccccc2)C(=O)O)C(C(c2ccc(F)cc2)c2ccc(F)cc2)C1. The Bertz CT molecular complexity index is 1220. The van der Waals surface area contributed by atoms with Crippen LogP contribution in [0.3, 0.4) is 0 Å². The van der Waals surface area contributed by atoms with Crippen LogP contribution in [0.25, 0.3) is 0 Å². The van der Waals surface area contributed by atoms with Crippen molar-refractivity contribution >= 4 is 12.0 Å². The normalized spacial score (nSPS) is 17.2. The fourth-order valence-electron chi connectivity index (χ4n) is 6.00. The van der Waals surface area contributed by atoms with Gasteiger partial charge in [0.2, 0.25) is 5.91 Å². The maximum atomic E-state index is 14.0. The van der Waals surface area contributed by atoms with E-state index in [0.717, 1.165) is 29.8 Å². The second-order valence-electron chi connectivity index (χ2n) is 10.6. The molecule has 41 heavy (non-hydrogen) atoms. The molecular weight excluding hydrogens is 524 g/mol. The second kappa shape index (κ2) is 14.2. The number of piperidine rings is 1. The van der Waals surface area contributed by atoms with E-state index in [0.29, 0.717) is 32.5 Å². The number of carboxylic acid groups (broad SMARTS) is 1. The maximum absolute atomic E-state index is 14.0. The van der Waals surface area contributed by atoms with Gasteiger partial charge in [-0.3, -0.25) is 4.79 Å². The summed E-state index contributed by atoms with van der Waals surface area (Å²) in [5.74, 6) is -1.47. The zero-order valence-corrected chi connectivity index (χ0v) is 23.8.